The van der Waals surface area contributed by atoms with Crippen LogP contribution in [-0.4, -0.2) is 12.7 Å². The third kappa shape index (κ3) is 9.28. The molecule has 0 bridgehead atoms. The molecule has 0 radical (unpaired) electrons. The van der Waals surface area contributed by atoms with E-state index in [0.29, 0.717) is 0 Å². The molecule has 0 fully saturated rings. The van der Waals surface area contributed by atoms with Gasteiger partial charge in [0.05, 0.1) is 0 Å². The van der Waals surface area contributed by atoms with E-state index in [-0.39, 0.29) is 0 Å². The smallest absolute Gasteiger partial charge is 0.150 e. The van der Waals surface area contributed by atoms with Crippen molar-refractivity contribution in [2.24, 2.45) is 0 Å². The van der Waals surface area contributed by atoms with Gasteiger partial charge in [-0.3, -0.25) is 0 Å². The molecule has 0 aliphatic heterocycles. The van der Waals surface area contributed by atoms with E-state index in [1.54, 1.807) is 0 Å². The topological polar surface area (TPSA) is 0 Å². The number of rotatable bonds is 6. The quantitative estimate of drug-likeness (QED) is 0.297. The minimum Gasteiger partial charge on any atom is -0.150 e. The zero-order valence-electron chi connectivity index (χ0n) is 5.95. The number of hydrogen-bond acceptors (Lipinski definition) is 0. The monoisotopic (exact) mass is 262 g/mol. The fraction of sp³-hybridized carbons (Fsp3) is 1.00. The Morgan fingerprint density at radius 2 is 1.60 bits per heavy atom. The third-order valence-corrected chi connectivity index (χ3v) is 4.02. The molecule has 0 aliphatic carbocycles. The van der Waals surface area contributed by atoms with Gasteiger partial charge in [0.25, 0.3) is 0 Å². The van der Waals surface area contributed by atoms with Gasteiger partial charge in [-0.2, -0.15) is 22.2 Å². The number of halogens is 3. The number of unbranched alkanes of at least 4 members (excludes halogenated alkanes) is 3. The van der Waals surface area contributed by atoms with E-state index in [9.17, 15) is 0 Å². The van der Waals surface area contributed by atoms with Crippen molar-refractivity contribution in [3.8, 4) is 0 Å². The Kier molecular flexibility index (Phi) is 9.44. The van der Waals surface area contributed by atoms with Crippen molar-refractivity contribution in [3.05, 3.63) is 0 Å². The summed E-state index contributed by atoms with van der Waals surface area (Å²) < 4.78 is 0. The molecule has 0 saturated heterocycles. The zero-order chi connectivity index (χ0) is 7.82. The number of alkyl halides is 1. The molecule has 0 atom stereocenters. The Balaban J connectivity index is 2.77. The predicted molar refractivity (Wildman–Crippen MR) is 55.9 cm³/mol. The largest absolute Gasteiger partial charge is 0.237 e. The fourth-order valence-corrected chi connectivity index (χ4v) is 2.67. The lowest BCUT2D eigenvalue weighted by atomic mass is 10.2. The molecule has 0 amide bonds. The molecule has 4 heteroatoms. The van der Waals surface area contributed by atoms with Gasteiger partial charge in [-0.15, -0.1) is 0 Å². The first-order valence-electron chi connectivity index (χ1n) is 3.61. The SMILES string of the molecule is Cl[SiH](Cl)CCCCCCBr. The van der Waals surface area contributed by atoms with Gasteiger partial charge >= 0.3 is 0 Å². The van der Waals surface area contributed by atoms with Crippen LogP contribution in [0, 0.1) is 0 Å². The van der Waals surface area contributed by atoms with Crippen LogP contribution in [0.25, 0.3) is 0 Å². The molecule has 0 aromatic rings. The lowest BCUT2D eigenvalue weighted by Gasteiger charge is -1.98. The highest BCUT2D eigenvalue weighted by Gasteiger charge is 1.99. The van der Waals surface area contributed by atoms with Crippen molar-refractivity contribution < 1.29 is 0 Å². The predicted octanol–water partition coefficient (Wildman–Crippen LogP) is 3.64. The maximum Gasteiger partial charge on any atom is 0.237 e. The minimum absolute atomic E-state index is 1.07. The number of hydrogen-bond donors (Lipinski definition) is 0. The lowest BCUT2D eigenvalue weighted by molar-refractivity contribution is 0.707. The maximum absolute atomic E-state index is 5.69. The second-order valence-corrected chi connectivity index (χ2v) is 8.27. The Morgan fingerprint density at radius 1 is 1.00 bits per heavy atom. The van der Waals surface area contributed by atoms with Crippen LogP contribution >= 0.6 is 38.1 Å². The highest BCUT2D eigenvalue weighted by Crippen LogP contribution is 2.11. The summed E-state index contributed by atoms with van der Waals surface area (Å²) in [7, 11) is -1.29. The highest BCUT2D eigenvalue weighted by atomic mass is 79.9. The van der Waals surface area contributed by atoms with E-state index >= 15 is 0 Å². The molecule has 0 heterocycles. The van der Waals surface area contributed by atoms with E-state index in [0.717, 1.165) is 11.4 Å². The van der Waals surface area contributed by atoms with E-state index in [4.69, 9.17) is 22.2 Å². The Morgan fingerprint density at radius 3 is 2.10 bits per heavy atom. The molecular formula is C6H13BrCl2Si. The van der Waals surface area contributed by atoms with Crippen molar-refractivity contribution in [3.63, 3.8) is 0 Å². The molecule has 0 unspecified atom stereocenters. The average molecular weight is 264 g/mol. The van der Waals surface area contributed by atoms with Crippen LogP contribution in [0.2, 0.25) is 6.04 Å². The van der Waals surface area contributed by atoms with E-state index < -0.39 is 7.42 Å². The van der Waals surface area contributed by atoms with Crippen LogP contribution in [0.3, 0.4) is 0 Å². The third-order valence-electron chi connectivity index (χ3n) is 1.31. The van der Waals surface area contributed by atoms with Crippen LogP contribution in [0.1, 0.15) is 25.7 Å². The van der Waals surface area contributed by atoms with Gasteiger partial charge in [0, 0.05) is 5.33 Å². The zero-order valence-corrected chi connectivity index (χ0v) is 10.2. The van der Waals surface area contributed by atoms with Crippen LogP contribution in [0.15, 0.2) is 0 Å². The van der Waals surface area contributed by atoms with Gasteiger partial charge in [0.15, 0.2) is 0 Å². The molecular weight excluding hydrogens is 251 g/mol. The Hall–Kier alpha value is 1.28. The molecule has 0 N–H and O–H groups in total. The Labute approximate surface area is 82.4 Å². The molecule has 0 spiro atoms. The second kappa shape index (κ2) is 8.37. The molecule has 0 saturated carbocycles. The van der Waals surface area contributed by atoms with Crippen molar-refractivity contribution >= 4 is 45.5 Å². The summed E-state index contributed by atoms with van der Waals surface area (Å²) in [4.78, 5) is 0. The Bertz CT molecular complexity index is 70.8. The first-order valence-corrected chi connectivity index (χ1v) is 9.04. The minimum atomic E-state index is -1.29. The molecule has 10 heavy (non-hydrogen) atoms. The van der Waals surface area contributed by atoms with Gasteiger partial charge in [0.2, 0.25) is 7.42 Å². The molecule has 0 aromatic carbocycles. The average Bonchev–Trinajstić information content (AvgIpc) is 1.87. The summed E-state index contributed by atoms with van der Waals surface area (Å²) in [5.41, 5.74) is 0. The highest BCUT2D eigenvalue weighted by molar-refractivity contribution is 9.09. The van der Waals surface area contributed by atoms with E-state index in [1.807, 2.05) is 0 Å². The normalized spacial score (nSPS) is 10.8. The summed E-state index contributed by atoms with van der Waals surface area (Å²) >= 11 is 14.8. The summed E-state index contributed by atoms with van der Waals surface area (Å²) in [6, 6.07) is 1.07. The molecule has 0 rings (SSSR count). The molecule has 0 aromatic heterocycles. The van der Waals surface area contributed by atoms with Crippen LogP contribution in [0.4, 0.5) is 0 Å². The standard InChI is InChI=1S/C6H13BrCl2Si/c7-5-3-1-2-4-6-10(8)9/h10H,1-6H2. The summed E-state index contributed by atoms with van der Waals surface area (Å²) in [6.07, 6.45) is 5.09. The van der Waals surface area contributed by atoms with Crippen LogP contribution in [-0.2, 0) is 0 Å². The molecule has 0 aliphatic rings. The van der Waals surface area contributed by atoms with E-state index in [1.165, 1.54) is 25.7 Å². The van der Waals surface area contributed by atoms with Crippen molar-refractivity contribution in [1.29, 1.82) is 0 Å². The van der Waals surface area contributed by atoms with E-state index in [2.05, 4.69) is 15.9 Å². The molecule has 62 valence electrons. The fourth-order valence-electron chi connectivity index (χ4n) is 0.747. The van der Waals surface area contributed by atoms with Gasteiger partial charge in [-0.1, -0.05) is 35.2 Å². The molecule has 0 nitrogen and oxygen atoms in total. The lowest BCUT2D eigenvalue weighted by Crippen LogP contribution is -1.90. The summed E-state index contributed by atoms with van der Waals surface area (Å²) in [5, 5.41) is 1.12. The van der Waals surface area contributed by atoms with Crippen LogP contribution in [0.5, 0.6) is 0 Å². The van der Waals surface area contributed by atoms with Crippen molar-refractivity contribution in [2.45, 2.75) is 31.7 Å². The van der Waals surface area contributed by atoms with Crippen molar-refractivity contribution in [1.82, 2.24) is 0 Å². The summed E-state index contributed by atoms with van der Waals surface area (Å²) in [6.45, 7) is 0. The van der Waals surface area contributed by atoms with Gasteiger partial charge in [-0.25, -0.2) is 0 Å². The van der Waals surface area contributed by atoms with Gasteiger partial charge in [-0.05, 0) is 12.5 Å². The first-order chi connectivity index (χ1) is 4.77. The van der Waals surface area contributed by atoms with Crippen LogP contribution < -0.4 is 0 Å². The maximum atomic E-state index is 5.69. The van der Waals surface area contributed by atoms with Crippen molar-refractivity contribution in [2.75, 3.05) is 5.33 Å². The van der Waals surface area contributed by atoms with Gasteiger partial charge in [0.1, 0.15) is 0 Å². The summed E-state index contributed by atoms with van der Waals surface area (Å²) in [5.74, 6) is 0. The first kappa shape index (κ1) is 11.3. The second-order valence-electron chi connectivity index (χ2n) is 2.28. The van der Waals surface area contributed by atoms with Gasteiger partial charge < -0.3 is 0 Å².